The van der Waals surface area contributed by atoms with Gasteiger partial charge in [-0.1, -0.05) is 66.7 Å². The predicted molar refractivity (Wildman–Crippen MR) is 207 cm³/mol. The van der Waals surface area contributed by atoms with Gasteiger partial charge in [0.05, 0.1) is 56.1 Å². The van der Waals surface area contributed by atoms with Gasteiger partial charge in [0, 0.05) is 17.7 Å². The second-order valence-corrected chi connectivity index (χ2v) is 15.6. The summed E-state index contributed by atoms with van der Waals surface area (Å²) in [5, 5.41) is 8.66. The van der Waals surface area contributed by atoms with E-state index in [9.17, 15) is 105 Å². The Bertz CT molecular complexity index is 2490. The van der Waals surface area contributed by atoms with E-state index < -0.39 is 195 Å². The largest absolute Gasteiger partial charge is 0.416 e. The maximum atomic E-state index is 14.2. The standard InChI is InChI=1S/C32H12BF24.C13H11N2/c34-25(35,36)13-1-14(26(37,38)39)6-21(5-13)33(22-7-15(27(40,41)42)2-16(8-22)28(43,44)45,23-9-17(29(46,47)48)3-18(10-23)30(49,50)51)24-11-19(31(52,53)54)4-20(12-24)32(55,56)57;14-10-12-4-6-13(7-5-12)11-15-8-2-1-3-9-15/h1-12H;1-9H,11H2/q-1;+1. The van der Waals surface area contributed by atoms with Gasteiger partial charge in [0.15, 0.2) is 18.9 Å². The number of hydrogen-bond donors (Lipinski definition) is 0. The quantitative estimate of drug-likeness (QED) is 0.0928. The number of alkyl halides is 24. The van der Waals surface area contributed by atoms with Gasteiger partial charge in [0.1, 0.15) is 6.15 Å². The summed E-state index contributed by atoms with van der Waals surface area (Å²) in [6.07, 6.45) is -50.8. The van der Waals surface area contributed by atoms with Crippen LogP contribution in [0.25, 0.3) is 0 Å². The zero-order valence-electron chi connectivity index (χ0n) is 34.9. The summed E-state index contributed by atoms with van der Waals surface area (Å²) in [5.41, 5.74) is -28.3. The highest BCUT2D eigenvalue weighted by atomic mass is 19.4. The van der Waals surface area contributed by atoms with E-state index in [4.69, 9.17) is 5.26 Å². The van der Waals surface area contributed by atoms with Crippen LogP contribution in [0.1, 0.15) is 55.6 Å². The molecule has 0 atom stereocenters. The van der Waals surface area contributed by atoms with Crippen molar-refractivity contribution in [1.82, 2.24) is 0 Å². The topological polar surface area (TPSA) is 27.7 Å². The van der Waals surface area contributed by atoms with Crippen molar-refractivity contribution in [3.63, 3.8) is 0 Å². The summed E-state index contributed by atoms with van der Waals surface area (Å²) in [6, 6.07) is 6.96. The lowest BCUT2D eigenvalue weighted by molar-refractivity contribution is -0.688. The molecule has 6 rings (SSSR count). The summed E-state index contributed by atoms with van der Waals surface area (Å²) in [4.78, 5) is 0. The van der Waals surface area contributed by atoms with Gasteiger partial charge in [-0.05, 0) is 36.4 Å². The van der Waals surface area contributed by atoms with E-state index in [1.807, 2.05) is 54.9 Å². The van der Waals surface area contributed by atoms with Crippen LogP contribution in [0.15, 0.2) is 128 Å². The van der Waals surface area contributed by atoms with Crippen LogP contribution in [0.4, 0.5) is 105 Å². The van der Waals surface area contributed by atoms with Gasteiger partial charge in [-0.3, -0.25) is 0 Å². The lowest BCUT2D eigenvalue weighted by Crippen LogP contribution is -2.75. The van der Waals surface area contributed by atoms with E-state index >= 15 is 0 Å². The van der Waals surface area contributed by atoms with Crippen molar-refractivity contribution in [2.24, 2.45) is 0 Å². The van der Waals surface area contributed by atoms with Crippen molar-refractivity contribution < 1.29 is 110 Å². The molecule has 0 bridgehead atoms. The number of nitrogens with zero attached hydrogens (tertiary/aromatic N) is 2. The number of pyridine rings is 1. The molecule has 384 valence electrons. The Labute approximate surface area is 388 Å². The average Bonchev–Trinajstić information content (AvgIpc) is 3.25. The Kier molecular flexibility index (Phi) is 15.0. The van der Waals surface area contributed by atoms with Crippen LogP contribution in [0.2, 0.25) is 0 Å². The third-order valence-electron chi connectivity index (χ3n) is 10.7. The minimum absolute atomic E-state index is 0.691. The molecular formula is C45H23BF24N2. The van der Waals surface area contributed by atoms with Crippen LogP contribution in [0, 0.1) is 11.3 Å². The second kappa shape index (κ2) is 19.3. The molecule has 0 aliphatic heterocycles. The molecule has 1 heterocycles. The zero-order chi connectivity index (χ0) is 54.4. The first-order valence-corrected chi connectivity index (χ1v) is 19.4. The minimum atomic E-state index is -6.13. The Hall–Kier alpha value is -6.88. The number of nitriles is 1. The molecule has 0 unspecified atom stereocenters. The van der Waals surface area contributed by atoms with Gasteiger partial charge in [0.2, 0.25) is 0 Å². The summed E-state index contributed by atoms with van der Waals surface area (Å²) in [6.45, 7) is 0.840. The van der Waals surface area contributed by atoms with E-state index in [-0.39, 0.29) is 0 Å². The van der Waals surface area contributed by atoms with Crippen LogP contribution in [-0.2, 0) is 56.0 Å². The maximum Gasteiger partial charge on any atom is 0.416 e. The second-order valence-electron chi connectivity index (χ2n) is 15.6. The van der Waals surface area contributed by atoms with Gasteiger partial charge in [0.25, 0.3) is 0 Å². The van der Waals surface area contributed by atoms with E-state index in [0.29, 0.717) is 5.56 Å². The summed E-state index contributed by atoms with van der Waals surface area (Å²) < 4.78 is 343. The van der Waals surface area contributed by atoms with Crippen LogP contribution < -0.4 is 26.4 Å². The summed E-state index contributed by atoms with van der Waals surface area (Å²) >= 11 is 0. The molecule has 0 spiro atoms. The highest BCUT2D eigenvalue weighted by molar-refractivity contribution is 7.20. The van der Waals surface area contributed by atoms with Crippen molar-refractivity contribution in [2.75, 3.05) is 0 Å². The molecule has 0 aliphatic carbocycles. The number of halogens is 24. The van der Waals surface area contributed by atoms with Gasteiger partial charge in [-0.2, -0.15) is 132 Å². The third kappa shape index (κ3) is 13.0. The normalized spacial score (nSPS) is 13.3. The van der Waals surface area contributed by atoms with E-state index in [1.54, 1.807) is 0 Å². The van der Waals surface area contributed by atoms with Crippen molar-refractivity contribution in [2.45, 2.75) is 56.0 Å². The lowest BCUT2D eigenvalue weighted by Gasteiger charge is -2.46. The molecule has 0 saturated carbocycles. The molecule has 1 aromatic heterocycles. The molecule has 0 amide bonds. The Morgan fingerprint density at radius 1 is 0.333 bits per heavy atom. The molecule has 0 N–H and O–H groups in total. The van der Waals surface area contributed by atoms with E-state index in [1.165, 1.54) is 5.56 Å². The fraction of sp³-hybridized carbons (Fsp3) is 0.200. The van der Waals surface area contributed by atoms with Gasteiger partial charge < -0.3 is 0 Å². The Balaban J connectivity index is 0.000000542. The fourth-order valence-corrected chi connectivity index (χ4v) is 7.51. The van der Waals surface area contributed by atoms with Crippen LogP contribution in [0.5, 0.6) is 0 Å². The molecule has 6 aromatic rings. The van der Waals surface area contributed by atoms with Crippen LogP contribution >= 0.6 is 0 Å². The summed E-state index contributed by atoms with van der Waals surface area (Å²) in [5.74, 6) is 0. The smallest absolute Gasteiger partial charge is 0.201 e. The Morgan fingerprint density at radius 2 is 0.556 bits per heavy atom. The van der Waals surface area contributed by atoms with Crippen molar-refractivity contribution in [3.8, 4) is 6.07 Å². The third-order valence-corrected chi connectivity index (χ3v) is 10.7. The van der Waals surface area contributed by atoms with Crippen molar-refractivity contribution >= 4 is 28.0 Å². The molecule has 5 aromatic carbocycles. The SMILES string of the molecule is FC(F)(F)c1cc([B-](c2cc(C(F)(F)F)cc(C(F)(F)F)c2)(c2cc(C(F)(F)F)cc(C(F)(F)F)c2)c2cc(C(F)(F)F)cc(C(F)(F)F)c2)cc(C(F)(F)F)c1.N#Cc1ccc(C[n+]2ccccc2)cc1. The molecular weight excluding hydrogens is 1040 g/mol. The minimum Gasteiger partial charge on any atom is -0.201 e. The van der Waals surface area contributed by atoms with E-state index in [2.05, 4.69) is 10.6 Å². The number of rotatable bonds is 6. The number of benzene rings is 5. The molecule has 72 heavy (non-hydrogen) atoms. The van der Waals surface area contributed by atoms with Crippen molar-refractivity contribution in [1.29, 1.82) is 5.26 Å². The molecule has 0 fully saturated rings. The highest BCUT2D eigenvalue weighted by Crippen LogP contribution is 2.41. The molecule has 27 heteroatoms. The lowest BCUT2D eigenvalue weighted by atomic mass is 9.12. The first-order chi connectivity index (χ1) is 32.6. The Morgan fingerprint density at radius 3 is 0.750 bits per heavy atom. The zero-order valence-corrected chi connectivity index (χ0v) is 34.9. The van der Waals surface area contributed by atoms with Crippen LogP contribution in [-0.4, -0.2) is 6.15 Å². The average molecular weight is 1060 g/mol. The van der Waals surface area contributed by atoms with Gasteiger partial charge in [-0.25, -0.2) is 4.57 Å². The predicted octanol–water partition coefficient (Wildman–Crippen LogP) is 13.1. The molecule has 0 radical (unpaired) electrons. The summed E-state index contributed by atoms with van der Waals surface area (Å²) in [7, 11) is 0. The number of aromatic nitrogens is 1. The molecule has 0 saturated heterocycles. The maximum absolute atomic E-state index is 14.2. The van der Waals surface area contributed by atoms with Gasteiger partial charge in [-0.15, -0.1) is 0 Å². The first-order valence-electron chi connectivity index (χ1n) is 19.4. The van der Waals surface area contributed by atoms with E-state index in [0.717, 1.165) is 6.54 Å². The monoisotopic (exact) mass is 1060 g/mol. The van der Waals surface area contributed by atoms with Crippen molar-refractivity contribution in [3.05, 3.63) is 183 Å². The number of hydrogen-bond acceptors (Lipinski definition) is 1. The highest BCUT2D eigenvalue weighted by Gasteiger charge is 2.47. The first kappa shape index (κ1) is 56.0. The van der Waals surface area contributed by atoms with Gasteiger partial charge >= 0.3 is 49.4 Å². The fourth-order valence-electron chi connectivity index (χ4n) is 7.51. The molecule has 0 aliphatic rings. The van der Waals surface area contributed by atoms with Crippen LogP contribution in [0.3, 0.4) is 0 Å². The molecule has 2 nitrogen and oxygen atoms in total.